The van der Waals surface area contributed by atoms with Crippen molar-refractivity contribution in [1.29, 1.82) is 0 Å². The summed E-state index contributed by atoms with van der Waals surface area (Å²) in [5, 5.41) is 0.497. The van der Waals surface area contributed by atoms with Crippen LogP contribution >= 0.6 is 0 Å². The predicted octanol–water partition coefficient (Wildman–Crippen LogP) is 2.29. The Hall–Kier alpha value is -3.15. The molecule has 1 heterocycles. The summed E-state index contributed by atoms with van der Waals surface area (Å²) >= 11 is 0. The van der Waals surface area contributed by atoms with E-state index < -0.39 is 11.8 Å². The summed E-state index contributed by atoms with van der Waals surface area (Å²) in [5.41, 5.74) is 7.34. The minimum atomic E-state index is -0.708. The summed E-state index contributed by atoms with van der Waals surface area (Å²) in [5.74, 6) is -0.258. The Morgan fingerprint density at radius 1 is 1.20 bits per heavy atom. The first-order valence-electron chi connectivity index (χ1n) is 7.89. The molecule has 0 aliphatic carbocycles. The van der Waals surface area contributed by atoms with Crippen molar-refractivity contribution < 1.29 is 9.53 Å². The van der Waals surface area contributed by atoms with Gasteiger partial charge in [0, 0.05) is 0 Å². The Balaban J connectivity index is 2.36. The van der Waals surface area contributed by atoms with Crippen molar-refractivity contribution in [2.24, 2.45) is 5.73 Å². The number of ether oxygens (including phenoxy) is 1. The van der Waals surface area contributed by atoms with Crippen molar-refractivity contribution in [1.82, 2.24) is 9.55 Å². The van der Waals surface area contributed by atoms with Crippen LogP contribution in [0.15, 0.2) is 47.3 Å². The van der Waals surface area contributed by atoms with Crippen molar-refractivity contribution in [2.45, 2.75) is 19.8 Å². The molecule has 0 aliphatic heterocycles. The average molecular weight is 337 g/mol. The Kier molecular flexibility index (Phi) is 4.27. The van der Waals surface area contributed by atoms with Crippen molar-refractivity contribution in [3.63, 3.8) is 0 Å². The van der Waals surface area contributed by atoms with Crippen LogP contribution in [0.5, 0.6) is 5.75 Å². The third-order valence-electron chi connectivity index (χ3n) is 4.19. The van der Waals surface area contributed by atoms with E-state index in [-0.39, 0.29) is 5.56 Å². The number of amides is 1. The van der Waals surface area contributed by atoms with Gasteiger partial charge >= 0.3 is 0 Å². The first-order chi connectivity index (χ1) is 11.9. The van der Waals surface area contributed by atoms with E-state index in [0.29, 0.717) is 28.2 Å². The molecular weight excluding hydrogens is 318 g/mol. The molecular formula is C19H19N3O3. The van der Waals surface area contributed by atoms with Gasteiger partial charge in [0.15, 0.2) is 0 Å². The summed E-state index contributed by atoms with van der Waals surface area (Å²) in [7, 11) is 1.57. The number of carbonyl (C=O) groups excluding carboxylic acids is 1. The number of nitrogens with two attached hydrogens (primary N) is 1. The fourth-order valence-electron chi connectivity index (χ4n) is 2.72. The van der Waals surface area contributed by atoms with Gasteiger partial charge in [0.05, 0.1) is 29.6 Å². The summed E-state index contributed by atoms with van der Waals surface area (Å²) in [6.07, 6.45) is 0. The van der Waals surface area contributed by atoms with E-state index in [0.717, 1.165) is 5.56 Å². The summed E-state index contributed by atoms with van der Waals surface area (Å²) in [6, 6.07) is 12.5. The number of methoxy groups -OCH3 is 1. The molecule has 1 atom stereocenters. The molecule has 1 unspecified atom stereocenters. The van der Waals surface area contributed by atoms with E-state index in [4.69, 9.17) is 10.5 Å². The highest BCUT2D eigenvalue weighted by Gasteiger charge is 2.21. The monoisotopic (exact) mass is 337 g/mol. The van der Waals surface area contributed by atoms with E-state index in [9.17, 15) is 9.59 Å². The molecule has 2 N–H and O–H groups in total. The average Bonchev–Trinajstić information content (AvgIpc) is 2.61. The summed E-state index contributed by atoms with van der Waals surface area (Å²) < 4.78 is 6.60. The van der Waals surface area contributed by atoms with Crippen LogP contribution in [0, 0.1) is 6.92 Å². The molecule has 3 aromatic rings. The Morgan fingerprint density at radius 3 is 2.48 bits per heavy atom. The molecule has 6 heteroatoms. The lowest BCUT2D eigenvalue weighted by molar-refractivity contribution is -0.119. The van der Waals surface area contributed by atoms with Crippen molar-refractivity contribution in [2.75, 3.05) is 7.11 Å². The lowest BCUT2D eigenvalue weighted by atomic mass is 10.1. The zero-order valence-corrected chi connectivity index (χ0v) is 14.3. The van der Waals surface area contributed by atoms with Gasteiger partial charge in [-0.05, 0) is 50.2 Å². The SMILES string of the molecule is COc1ccc(-n2c(C(C)C(N)=O)nc3ccc(C)cc3c2=O)cc1. The van der Waals surface area contributed by atoms with Gasteiger partial charge in [-0.25, -0.2) is 4.98 Å². The van der Waals surface area contributed by atoms with Crippen molar-refractivity contribution >= 4 is 16.8 Å². The number of nitrogens with zero attached hydrogens (tertiary/aromatic N) is 2. The third kappa shape index (κ3) is 2.98. The zero-order chi connectivity index (χ0) is 18.1. The van der Waals surface area contributed by atoms with Crippen LogP contribution in [0.1, 0.15) is 24.2 Å². The maximum atomic E-state index is 13.1. The molecule has 128 valence electrons. The minimum absolute atomic E-state index is 0.234. The molecule has 25 heavy (non-hydrogen) atoms. The molecule has 0 aliphatic rings. The number of fused-ring (bicyclic) bond motifs is 1. The van der Waals surface area contributed by atoms with Gasteiger partial charge in [-0.15, -0.1) is 0 Å². The fraction of sp³-hybridized carbons (Fsp3) is 0.211. The highest BCUT2D eigenvalue weighted by molar-refractivity contribution is 5.83. The topological polar surface area (TPSA) is 87.2 Å². The minimum Gasteiger partial charge on any atom is -0.497 e. The standard InChI is InChI=1S/C19H19N3O3/c1-11-4-9-16-15(10-11)19(24)22(18(21-16)12(2)17(20)23)13-5-7-14(25-3)8-6-13/h4-10,12H,1-3H3,(H2,20,23). The molecule has 0 radical (unpaired) electrons. The van der Waals surface area contributed by atoms with E-state index in [1.54, 1.807) is 50.4 Å². The molecule has 3 rings (SSSR count). The van der Waals surface area contributed by atoms with Crippen LogP contribution in [-0.2, 0) is 4.79 Å². The number of primary amides is 1. The fourth-order valence-corrected chi connectivity index (χ4v) is 2.72. The molecule has 1 amide bonds. The molecule has 0 bridgehead atoms. The number of hydrogen-bond donors (Lipinski definition) is 1. The lowest BCUT2D eigenvalue weighted by Crippen LogP contribution is -2.30. The second-order valence-corrected chi connectivity index (χ2v) is 5.95. The van der Waals surface area contributed by atoms with Crippen molar-refractivity contribution in [3.05, 3.63) is 64.2 Å². The Bertz CT molecular complexity index is 1010. The lowest BCUT2D eigenvalue weighted by Gasteiger charge is -2.17. The molecule has 6 nitrogen and oxygen atoms in total. The maximum absolute atomic E-state index is 13.1. The van der Waals surface area contributed by atoms with Crippen LogP contribution in [-0.4, -0.2) is 22.6 Å². The normalized spacial score (nSPS) is 12.1. The summed E-state index contributed by atoms with van der Waals surface area (Å²) in [4.78, 5) is 29.4. The number of aromatic nitrogens is 2. The smallest absolute Gasteiger partial charge is 0.265 e. The van der Waals surface area contributed by atoms with E-state index >= 15 is 0 Å². The number of hydrogen-bond acceptors (Lipinski definition) is 4. The van der Waals surface area contributed by atoms with Gasteiger partial charge in [0.1, 0.15) is 11.6 Å². The predicted molar refractivity (Wildman–Crippen MR) is 96.2 cm³/mol. The van der Waals surface area contributed by atoms with E-state index in [2.05, 4.69) is 4.98 Å². The van der Waals surface area contributed by atoms with E-state index in [1.807, 2.05) is 13.0 Å². The van der Waals surface area contributed by atoms with Crippen LogP contribution in [0.4, 0.5) is 0 Å². The Morgan fingerprint density at radius 2 is 1.88 bits per heavy atom. The van der Waals surface area contributed by atoms with Crippen LogP contribution in [0.3, 0.4) is 0 Å². The number of benzene rings is 2. The Labute approximate surface area is 144 Å². The molecule has 0 fully saturated rings. The van der Waals surface area contributed by atoms with Crippen LogP contribution < -0.4 is 16.0 Å². The number of carbonyl (C=O) groups is 1. The molecule has 1 aromatic heterocycles. The third-order valence-corrected chi connectivity index (χ3v) is 4.19. The van der Waals surface area contributed by atoms with Gasteiger partial charge < -0.3 is 10.5 Å². The van der Waals surface area contributed by atoms with Gasteiger partial charge in [0.25, 0.3) is 5.56 Å². The zero-order valence-electron chi connectivity index (χ0n) is 14.3. The van der Waals surface area contributed by atoms with Crippen LogP contribution in [0.25, 0.3) is 16.6 Å². The quantitative estimate of drug-likeness (QED) is 0.791. The second kappa shape index (κ2) is 6.39. The second-order valence-electron chi connectivity index (χ2n) is 5.95. The number of aryl methyl sites for hydroxylation is 1. The van der Waals surface area contributed by atoms with Crippen LogP contribution in [0.2, 0.25) is 0 Å². The number of rotatable bonds is 4. The highest BCUT2D eigenvalue weighted by atomic mass is 16.5. The molecule has 0 saturated heterocycles. The first-order valence-corrected chi connectivity index (χ1v) is 7.89. The summed E-state index contributed by atoms with van der Waals surface area (Å²) in [6.45, 7) is 3.56. The molecule has 0 saturated carbocycles. The first kappa shape index (κ1) is 16.7. The molecule has 0 spiro atoms. The van der Waals surface area contributed by atoms with E-state index in [1.165, 1.54) is 4.57 Å². The largest absolute Gasteiger partial charge is 0.497 e. The maximum Gasteiger partial charge on any atom is 0.265 e. The van der Waals surface area contributed by atoms with Gasteiger partial charge in [-0.1, -0.05) is 11.6 Å². The van der Waals surface area contributed by atoms with Gasteiger partial charge in [-0.2, -0.15) is 0 Å². The highest BCUT2D eigenvalue weighted by Crippen LogP contribution is 2.21. The van der Waals surface area contributed by atoms with Crippen molar-refractivity contribution in [3.8, 4) is 11.4 Å². The van der Waals surface area contributed by atoms with Gasteiger partial charge in [0.2, 0.25) is 5.91 Å². The molecule has 2 aromatic carbocycles. The van der Waals surface area contributed by atoms with Gasteiger partial charge in [-0.3, -0.25) is 14.2 Å².